The summed E-state index contributed by atoms with van der Waals surface area (Å²) in [5, 5.41) is 8.50. The molecular formula is C24H24N4O4. The minimum atomic E-state index is -0.370. The maximum atomic E-state index is 12.8. The number of likely N-dealkylation sites (tertiary alicyclic amines) is 1. The molecule has 3 aromatic rings. The summed E-state index contributed by atoms with van der Waals surface area (Å²) < 4.78 is 5.09. The van der Waals surface area contributed by atoms with E-state index in [0.717, 1.165) is 12.1 Å². The summed E-state index contributed by atoms with van der Waals surface area (Å²) in [4.78, 5) is 39.2. The molecule has 32 heavy (non-hydrogen) atoms. The highest BCUT2D eigenvalue weighted by Crippen LogP contribution is 2.22. The van der Waals surface area contributed by atoms with Crippen LogP contribution in [0.2, 0.25) is 0 Å². The molecule has 0 aliphatic carbocycles. The Hall–Kier alpha value is -4.07. The molecule has 164 valence electrons. The zero-order valence-corrected chi connectivity index (χ0v) is 17.4. The van der Waals surface area contributed by atoms with Gasteiger partial charge in [-0.1, -0.05) is 24.3 Å². The van der Waals surface area contributed by atoms with Crippen molar-refractivity contribution in [2.24, 2.45) is 5.92 Å². The van der Waals surface area contributed by atoms with Crippen molar-refractivity contribution < 1.29 is 18.8 Å². The maximum absolute atomic E-state index is 12.8. The summed E-state index contributed by atoms with van der Waals surface area (Å²) in [6, 6.07) is 19.1. The number of anilines is 3. The van der Waals surface area contributed by atoms with E-state index >= 15 is 0 Å². The highest BCUT2D eigenvalue weighted by atomic mass is 16.3. The first-order chi connectivity index (χ1) is 15.6. The number of nitrogens with one attached hydrogen (secondary N) is 3. The van der Waals surface area contributed by atoms with E-state index in [2.05, 4.69) is 16.0 Å². The zero-order valence-electron chi connectivity index (χ0n) is 17.4. The molecule has 8 heteroatoms. The van der Waals surface area contributed by atoms with E-state index in [4.69, 9.17) is 4.42 Å². The minimum absolute atomic E-state index is 0.156. The van der Waals surface area contributed by atoms with Gasteiger partial charge < -0.3 is 25.3 Å². The van der Waals surface area contributed by atoms with E-state index in [0.29, 0.717) is 30.9 Å². The lowest BCUT2D eigenvalue weighted by molar-refractivity contribution is -0.121. The van der Waals surface area contributed by atoms with Crippen LogP contribution in [0, 0.1) is 5.92 Å². The van der Waals surface area contributed by atoms with Gasteiger partial charge in [-0.3, -0.25) is 9.59 Å². The quantitative estimate of drug-likeness (QED) is 0.555. The van der Waals surface area contributed by atoms with Crippen LogP contribution in [0.4, 0.5) is 21.9 Å². The highest BCUT2D eigenvalue weighted by Gasteiger charge is 2.28. The topological polar surface area (TPSA) is 104 Å². The van der Waals surface area contributed by atoms with Gasteiger partial charge in [0.2, 0.25) is 5.91 Å². The molecule has 1 aliphatic rings. The van der Waals surface area contributed by atoms with Crippen LogP contribution in [0.25, 0.3) is 0 Å². The number of urea groups is 1. The van der Waals surface area contributed by atoms with Crippen LogP contribution >= 0.6 is 0 Å². The number of furan rings is 1. The van der Waals surface area contributed by atoms with E-state index in [1.165, 1.54) is 6.26 Å². The Morgan fingerprint density at radius 1 is 0.844 bits per heavy atom. The molecular weight excluding hydrogens is 408 g/mol. The van der Waals surface area contributed by atoms with Gasteiger partial charge in [0.15, 0.2) is 5.76 Å². The van der Waals surface area contributed by atoms with Crippen molar-refractivity contribution in [1.82, 2.24) is 4.90 Å². The maximum Gasteiger partial charge on any atom is 0.321 e. The third kappa shape index (κ3) is 5.34. The van der Waals surface area contributed by atoms with Crippen molar-refractivity contribution in [3.63, 3.8) is 0 Å². The van der Waals surface area contributed by atoms with Gasteiger partial charge in [0.05, 0.1) is 12.2 Å². The molecule has 1 saturated heterocycles. The SMILES string of the molecule is O=C(Nc1cccc(NC(=O)[C@@H]2CCCN(C(=O)Nc3ccccc3)C2)c1)c1ccco1. The van der Waals surface area contributed by atoms with Crippen LogP contribution in [-0.4, -0.2) is 35.8 Å². The van der Waals surface area contributed by atoms with Gasteiger partial charge in [-0.25, -0.2) is 4.79 Å². The van der Waals surface area contributed by atoms with Crippen molar-refractivity contribution in [2.45, 2.75) is 12.8 Å². The molecule has 2 heterocycles. The van der Waals surface area contributed by atoms with Gasteiger partial charge in [0.1, 0.15) is 0 Å². The number of benzene rings is 2. The molecule has 0 radical (unpaired) electrons. The highest BCUT2D eigenvalue weighted by molar-refractivity contribution is 6.03. The largest absolute Gasteiger partial charge is 0.459 e. The van der Waals surface area contributed by atoms with Gasteiger partial charge in [0, 0.05) is 30.2 Å². The fourth-order valence-electron chi connectivity index (χ4n) is 3.62. The van der Waals surface area contributed by atoms with Gasteiger partial charge in [-0.2, -0.15) is 0 Å². The van der Waals surface area contributed by atoms with Crippen molar-refractivity contribution in [1.29, 1.82) is 0 Å². The first kappa shape index (κ1) is 21.2. The van der Waals surface area contributed by atoms with Crippen LogP contribution in [0.1, 0.15) is 23.4 Å². The number of carbonyl (C=O) groups is 3. The fourth-order valence-corrected chi connectivity index (χ4v) is 3.62. The van der Waals surface area contributed by atoms with E-state index < -0.39 is 0 Å². The number of rotatable bonds is 5. The molecule has 0 unspecified atom stereocenters. The molecule has 1 aromatic heterocycles. The molecule has 2 aromatic carbocycles. The van der Waals surface area contributed by atoms with Gasteiger partial charge in [-0.05, 0) is 55.3 Å². The van der Waals surface area contributed by atoms with E-state index in [9.17, 15) is 14.4 Å². The standard InChI is InChI=1S/C24H24N4O4/c29-22(17-7-5-13-28(16-17)24(31)27-18-8-2-1-3-9-18)25-19-10-4-11-20(15-19)26-23(30)21-12-6-14-32-21/h1-4,6,8-12,14-15,17H,5,7,13,16H2,(H,25,29)(H,26,30)(H,27,31)/t17-/m1/s1. The van der Waals surface area contributed by atoms with Crippen molar-refractivity contribution in [3.8, 4) is 0 Å². The average Bonchev–Trinajstić information content (AvgIpc) is 3.35. The molecule has 0 bridgehead atoms. The van der Waals surface area contributed by atoms with Crippen LogP contribution in [0.3, 0.4) is 0 Å². The molecule has 4 amide bonds. The van der Waals surface area contributed by atoms with Crippen molar-refractivity contribution in [3.05, 3.63) is 78.8 Å². The Kier molecular flexibility index (Phi) is 6.50. The Bertz CT molecular complexity index is 1080. The number of carbonyl (C=O) groups excluding carboxylic acids is 3. The van der Waals surface area contributed by atoms with E-state index in [1.54, 1.807) is 41.3 Å². The number of nitrogens with zero attached hydrogens (tertiary/aromatic N) is 1. The number of hydrogen-bond donors (Lipinski definition) is 3. The molecule has 0 saturated carbocycles. The molecule has 1 fully saturated rings. The van der Waals surface area contributed by atoms with Crippen LogP contribution < -0.4 is 16.0 Å². The van der Waals surface area contributed by atoms with Crippen molar-refractivity contribution in [2.75, 3.05) is 29.0 Å². The molecule has 3 N–H and O–H groups in total. The second-order valence-corrected chi connectivity index (χ2v) is 7.58. The molecule has 8 nitrogen and oxygen atoms in total. The summed E-state index contributed by atoms with van der Waals surface area (Å²) >= 11 is 0. The van der Waals surface area contributed by atoms with Crippen LogP contribution in [-0.2, 0) is 4.79 Å². The fraction of sp³-hybridized carbons (Fsp3) is 0.208. The molecule has 1 aliphatic heterocycles. The second-order valence-electron chi connectivity index (χ2n) is 7.58. The number of piperidine rings is 1. The first-order valence-corrected chi connectivity index (χ1v) is 10.5. The summed E-state index contributed by atoms with van der Waals surface area (Å²) in [6.45, 7) is 0.955. The van der Waals surface area contributed by atoms with E-state index in [-0.39, 0.29) is 29.5 Å². The molecule has 0 spiro atoms. The predicted octanol–water partition coefficient (Wildman–Crippen LogP) is 4.41. The summed E-state index contributed by atoms with van der Waals surface area (Å²) in [6.07, 6.45) is 2.88. The first-order valence-electron chi connectivity index (χ1n) is 10.5. The average molecular weight is 432 g/mol. The summed E-state index contributed by atoms with van der Waals surface area (Å²) in [5.74, 6) is -0.635. The Labute approximate surface area is 185 Å². The number of para-hydroxylation sites is 1. The van der Waals surface area contributed by atoms with Gasteiger partial charge in [0.25, 0.3) is 5.91 Å². The third-order valence-corrected chi connectivity index (χ3v) is 5.24. The smallest absolute Gasteiger partial charge is 0.321 e. The monoisotopic (exact) mass is 432 g/mol. The second kappa shape index (κ2) is 9.82. The summed E-state index contributed by atoms with van der Waals surface area (Å²) in [5.41, 5.74) is 1.83. The predicted molar refractivity (Wildman–Crippen MR) is 121 cm³/mol. The lowest BCUT2D eigenvalue weighted by Gasteiger charge is -2.32. The third-order valence-electron chi connectivity index (χ3n) is 5.24. The number of amides is 4. The Morgan fingerprint density at radius 3 is 2.34 bits per heavy atom. The molecule has 1 atom stereocenters. The lowest BCUT2D eigenvalue weighted by Crippen LogP contribution is -2.45. The van der Waals surface area contributed by atoms with Gasteiger partial charge >= 0.3 is 6.03 Å². The minimum Gasteiger partial charge on any atom is -0.459 e. The normalized spacial score (nSPS) is 15.6. The Balaban J connectivity index is 1.34. The lowest BCUT2D eigenvalue weighted by atomic mass is 9.97. The summed E-state index contributed by atoms with van der Waals surface area (Å²) in [7, 11) is 0. The Morgan fingerprint density at radius 2 is 1.59 bits per heavy atom. The van der Waals surface area contributed by atoms with Crippen molar-refractivity contribution >= 4 is 34.9 Å². The van der Waals surface area contributed by atoms with Gasteiger partial charge in [-0.15, -0.1) is 0 Å². The molecule has 4 rings (SSSR count). The van der Waals surface area contributed by atoms with Crippen LogP contribution in [0.5, 0.6) is 0 Å². The van der Waals surface area contributed by atoms with E-state index in [1.807, 2.05) is 30.3 Å². The van der Waals surface area contributed by atoms with Crippen LogP contribution in [0.15, 0.2) is 77.4 Å². The zero-order chi connectivity index (χ0) is 22.3. The number of hydrogen-bond acceptors (Lipinski definition) is 4.